The van der Waals surface area contributed by atoms with Crippen LogP contribution < -0.4 is 0 Å². The first-order chi connectivity index (χ1) is 14.7. The smallest absolute Gasteiger partial charge is 0.344 e. The lowest BCUT2D eigenvalue weighted by molar-refractivity contribution is -0.135. The van der Waals surface area contributed by atoms with Crippen LogP contribution in [0.15, 0.2) is 25.0 Å². The van der Waals surface area contributed by atoms with Gasteiger partial charge in [-0.3, -0.25) is 9.59 Å². The SMILES string of the molecule is C=CC(=O)N1CC(Cc2cnc3[nH]cc(C(=O)CCCCC(F)(F)F)c3n2)C2(CC2)C1. The fourth-order valence-electron chi connectivity index (χ4n) is 4.58. The first kappa shape index (κ1) is 21.5. The first-order valence-corrected chi connectivity index (χ1v) is 10.5. The third kappa shape index (κ3) is 4.65. The van der Waals surface area contributed by atoms with E-state index in [0.29, 0.717) is 29.7 Å². The number of carbonyl (C=O) groups excluding carboxylic acids is 2. The van der Waals surface area contributed by atoms with Crippen LogP contribution in [-0.2, 0) is 11.2 Å². The van der Waals surface area contributed by atoms with Gasteiger partial charge in [0.15, 0.2) is 11.4 Å². The van der Waals surface area contributed by atoms with Crippen LogP contribution in [0.3, 0.4) is 0 Å². The molecular weight excluding hydrogens is 409 g/mol. The number of hydrogen-bond acceptors (Lipinski definition) is 4. The second-order valence-electron chi connectivity index (χ2n) is 8.69. The average Bonchev–Trinajstić information content (AvgIpc) is 3.24. The van der Waals surface area contributed by atoms with Gasteiger partial charge in [0.2, 0.25) is 5.91 Å². The predicted octanol–water partition coefficient (Wildman–Crippen LogP) is 4.23. The van der Waals surface area contributed by atoms with Crippen LogP contribution in [0.25, 0.3) is 11.2 Å². The van der Waals surface area contributed by atoms with E-state index in [-0.39, 0.29) is 42.3 Å². The number of alkyl halides is 3. The van der Waals surface area contributed by atoms with Gasteiger partial charge in [-0.25, -0.2) is 9.97 Å². The maximum Gasteiger partial charge on any atom is 0.389 e. The van der Waals surface area contributed by atoms with Crippen molar-refractivity contribution in [2.45, 2.75) is 51.1 Å². The van der Waals surface area contributed by atoms with Crippen molar-refractivity contribution >= 4 is 22.9 Å². The van der Waals surface area contributed by atoms with Crippen molar-refractivity contribution in [2.24, 2.45) is 11.3 Å². The molecule has 3 heterocycles. The molecule has 0 radical (unpaired) electrons. The second kappa shape index (κ2) is 8.09. The molecule has 0 bridgehead atoms. The van der Waals surface area contributed by atoms with Crippen LogP contribution in [0.2, 0.25) is 0 Å². The topological polar surface area (TPSA) is 79.0 Å². The quantitative estimate of drug-likeness (QED) is 0.383. The van der Waals surface area contributed by atoms with Crippen LogP contribution in [-0.4, -0.2) is 50.8 Å². The van der Waals surface area contributed by atoms with E-state index >= 15 is 0 Å². The number of aromatic amines is 1. The van der Waals surface area contributed by atoms with E-state index in [1.807, 2.05) is 4.90 Å². The molecule has 2 fully saturated rings. The zero-order valence-corrected chi connectivity index (χ0v) is 17.2. The lowest BCUT2D eigenvalue weighted by atomic mass is 9.89. The summed E-state index contributed by atoms with van der Waals surface area (Å²) in [5.74, 6) is -0.00915. The Hall–Kier alpha value is -2.71. The standard InChI is InChI=1S/C22H25F3N4O2/c1-2-18(31)29-12-14(21(13-29)7-8-21)9-15-10-26-20-19(28-15)16(11-27-20)17(30)5-3-4-6-22(23,24)25/h2,10-11,14H,1,3-9,12-13H2,(H,26,27). The number of nitrogens with one attached hydrogen (secondary N) is 1. The fourth-order valence-corrected chi connectivity index (χ4v) is 4.58. The molecule has 2 aromatic rings. The normalized spacial score (nSPS) is 19.8. The van der Waals surface area contributed by atoms with Crippen molar-refractivity contribution < 1.29 is 22.8 Å². The van der Waals surface area contributed by atoms with E-state index < -0.39 is 12.6 Å². The number of ketones is 1. The summed E-state index contributed by atoms with van der Waals surface area (Å²) in [6.07, 6.45) is 2.45. The van der Waals surface area contributed by atoms with Gasteiger partial charge in [-0.05, 0) is 49.5 Å². The van der Waals surface area contributed by atoms with E-state index in [2.05, 4.69) is 21.5 Å². The van der Waals surface area contributed by atoms with Gasteiger partial charge in [0.25, 0.3) is 0 Å². The van der Waals surface area contributed by atoms with E-state index in [4.69, 9.17) is 0 Å². The largest absolute Gasteiger partial charge is 0.389 e. The molecule has 2 aromatic heterocycles. The molecule has 2 aliphatic rings. The number of likely N-dealkylation sites (tertiary alicyclic amines) is 1. The number of halogens is 3. The van der Waals surface area contributed by atoms with Crippen molar-refractivity contribution in [2.75, 3.05) is 13.1 Å². The zero-order chi connectivity index (χ0) is 22.2. The highest BCUT2D eigenvalue weighted by Crippen LogP contribution is 2.57. The minimum Gasteiger partial charge on any atom is -0.344 e. The summed E-state index contributed by atoms with van der Waals surface area (Å²) < 4.78 is 36.9. The highest BCUT2D eigenvalue weighted by molar-refractivity contribution is 6.05. The molecule has 1 aliphatic carbocycles. The summed E-state index contributed by atoms with van der Waals surface area (Å²) in [5.41, 5.74) is 2.21. The Bertz CT molecular complexity index is 1010. The molecular formula is C22H25F3N4O2. The number of Topliss-reactive ketones (excluding diaryl/α,β-unsaturated/α-hetero) is 1. The Labute approximate surface area is 177 Å². The van der Waals surface area contributed by atoms with Crippen molar-refractivity contribution in [3.05, 3.63) is 36.3 Å². The van der Waals surface area contributed by atoms with Crippen LogP contribution in [0, 0.1) is 11.3 Å². The molecule has 1 spiro atoms. The van der Waals surface area contributed by atoms with Crippen LogP contribution in [0.1, 0.15) is 54.6 Å². The average molecular weight is 434 g/mol. The van der Waals surface area contributed by atoms with Crippen LogP contribution in [0.4, 0.5) is 13.2 Å². The Morgan fingerprint density at radius 1 is 1.32 bits per heavy atom. The van der Waals surface area contributed by atoms with Gasteiger partial charge in [0.05, 0.1) is 17.5 Å². The maximum absolute atomic E-state index is 12.5. The van der Waals surface area contributed by atoms with Gasteiger partial charge in [0, 0.05) is 32.1 Å². The Morgan fingerprint density at radius 2 is 2.10 bits per heavy atom. The molecule has 1 aliphatic heterocycles. The number of unbranched alkanes of at least 4 members (excludes halogenated alkanes) is 1. The van der Waals surface area contributed by atoms with Crippen LogP contribution in [0.5, 0.6) is 0 Å². The molecule has 1 amide bonds. The van der Waals surface area contributed by atoms with E-state index in [9.17, 15) is 22.8 Å². The number of nitrogens with zero attached hydrogens (tertiary/aromatic N) is 3. The lowest BCUT2D eigenvalue weighted by Gasteiger charge is -2.15. The number of hydrogen-bond donors (Lipinski definition) is 1. The van der Waals surface area contributed by atoms with E-state index in [1.54, 1.807) is 6.20 Å². The summed E-state index contributed by atoms with van der Waals surface area (Å²) in [6, 6.07) is 0. The van der Waals surface area contributed by atoms with Crippen molar-refractivity contribution in [1.82, 2.24) is 19.9 Å². The monoisotopic (exact) mass is 434 g/mol. The molecule has 1 N–H and O–H groups in total. The van der Waals surface area contributed by atoms with Gasteiger partial charge >= 0.3 is 6.18 Å². The number of rotatable bonds is 8. The van der Waals surface area contributed by atoms with Crippen molar-refractivity contribution in [1.29, 1.82) is 0 Å². The predicted molar refractivity (Wildman–Crippen MR) is 108 cm³/mol. The number of amides is 1. The zero-order valence-electron chi connectivity index (χ0n) is 17.2. The maximum atomic E-state index is 12.5. The van der Waals surface area contributed by atoms with Crippen LogP contribution >= 0.6 is 0 Å². The summed E-state index contributed by atoms with van der Waals surface area (Å²) in [5, 5.41) is 0. The first-order valence-electron chi connectivity index (χ1n) is 10.5. The van der Waals surface area contributed by atoms with Gasteiger partial charge in [-0.15, -0.1) is 0 Å². The molecule has 166 valence electrons. The van der Waals surface area contributed by atoms with Crippen molar-refractivity contribution in [3.63, 3.8) is 0 Å². The summed E-state index contributed by atoms with van der Waals surface area (Å²) in [6.45, 7) is 4.97. The third-order valence-corrected chi connectivity index (χ3v) is 6.49. The second-order valence-corrected chi connectivity index (χ2v) is 8.69. The Kier molecular flexibility index (Phi) is 5.61. The summed E-state index contributed by atoms with van der Waals surface area (Å²) in [7, 11) is 0. The highest BCUT2D eigenvalue weighted by Gasteiger charge is 2.55. The fraction of sp³-hybridized carbons (Fsp3) is 0.545. The van der Waals surface area contributed by atoms with E-state index in [0.717, 1.165) is 25.1 Å². The van der Waals surface area contributed by atoms with Gasteiger partial charge in [-0.1, -0.05) is 6.58 Å². The van der Waals surface area contributed by atoms with Gasteiger partial charge in [-0.2, -0.15) is 13.2 Å². The third-order valence-electron chi connectivity index (χ3n) is 6.49. The molecule has 1 unspecified atom stereocenters. The molecule has 1 saturated carbocycles. The number of aromatic nitrogens is 3. The highest BCUT2D eigenvalue weighted by atomic mass is 19.4. The summed E-state index contributed by atoms with van der Waals surface area (Å²) in [4.78, 5) is 38.4. The number of H-pyrrole nitrogens is 1. The molecule has 1 atom stereocenters. The molecule has 6 nitrogen and oxygen atoms in total. The number of carbonyl (C=O) groups is 2. The summed E-state index contributed by atoms with van der Waals surface area (Å²) >= 11 is 0. The molecule has 31 heavy (non-hydrogen) atoms. The molecule has 9 heteroatoms. The number of fused-ring (bicyclic) bond motifs is 1. The Balaban J connectivity index is 1.44. The minimum atomic E-state index is -4.20. The lowest BCUT2D eigenvalue weighted by Crippen LogP contribution is -2.27. The van der Waals surface area contributed by atoms with E-state index in [1.165, 1.54) is 12.3 Å². The Morgan fingerprint density at radius 3 is 2.77 bits per heavy atom. The minimum absolute atomic E-state index is 0.0410. The van der Waals surface area contributed by atoms with Gasteiger partial charge < -0.3 is 9.88 Å². The molecule has 4 rings (SSSR count). The molecule has 0 aromatic carbocycles. The molecule has 1 saturated heterocycles. The van der Waals surface area contributed by atoms with Crippen molar-refractivity contribution in [3.8, 4) is 0 Å². The van der Waals surface area contributed by atoms with Gasteiger partial charge in [0.1, 0.15) is 5.52 Å².